The molecule has 0 radical (unpaired) electrons. The standard InChI is InChI=1S/C16H31N3/c1-17-8-4-6-15(12-17)13-18-9-5-11-19-10-3-2-7-16(19)14-18/h15-16H,2-14H2,1H3. The van der Waals surface area contributed by atoms with Crippen LogP contribution in [0, 0.1) is 5.92 Å². The lowest BCUT2D eigenvalue weighted by atomic mass is 9.97. The Morgan fingerprint density at radius 1 is 0.842 bits per heavy atom. The monoisotopic (exact) mass is 265 g/mol. The molecule has 0 bridgehead atoms. The third-order valence-electron chi connectivity index (χ3n) is 5.38. The van der Waals surface area contributed by atoms with Crippen molar-refractivity contribution in [2.45, 2.75) is 44.6 Å². The maximum atomic E-state index is 2.79. The molecule has 110 valence electrons. The molecule has 0 spiro atoms. The van der Waals surface area contributed by atoms with Crippen LogP contribution < -0.4 is 0 Å². The minimum atomic E-state index is 0.873. The summed E-state index contributed by atoms with van der Waals surface area (Å²) < 4.78 is 0. The molecule has 2 atom stereocenters. The van der Waals surface area contributed by atoms with Crippen LogP contribution in [0.15, 0.2) is 0 Å². The topological polar surface area (TPSA) is 9.72 Å². The van der Waals surface area contributed by atoms with Crippen molar-refractivity contribution in [3.8, 4) is 0 Å². The molecule has 3 aliphatic heterocycles. The van der Waals surface area contributed by atoms with E-state index < -0.39 is 0 Å². The summed E-state index contributed by atoms with van der Waals surface area (Å²) in [6.07, 6.45) is 8.59. The third-order valence-corrected chi connectivity index (χ3v) is 5.38. The van der Waals surface area contributed by atoms with E-state index in [4.69, 9.17) is 0 Å². The van der Waals surface area contributed by atoms with Crippen LogP contribution >= 0.6 is 0 Å². The molecular formula is C16H31N3. The average Bonchev–Trinajstić information content (AvgIpc) is 2.60. The zero-order valence-electron chi connectivity index (χ0n) is 12.7. The van der Waals surface area contributed by atoms with Gasteiger partial charge >= 0.3 is 0 Å². The molecule has 3 heterocycles. The molecule has 3 nitrogen and oxygen atoms in total. The van der Waals surface area contributed by atoms with Crippen molar-refractivity contribution in [2.75, 3.05) is 52.9 Å². The molecular weight excluding hydrogens is 234 g/mol. The molecule has 3 aliphatic rings. The van der Waals surface area contributed by atoms with E-state index in [0.29, 0.717) is 0 Å². The first-order valence-corrected chi connectivity index (χ1v) is 8.46. The number of fused-ring (bicyclic) bond motifs is 1. The van der Waals surface area contributed by atoms with Gasteiger partial charge in [0.05, 0.1) is 0 Å². The van der Waals surface area contributed by atoms with E-state index >= 15 is 0 Å². The molecule has 0 aromatic carbocycles. The van der Waals surface area contributed by atoms with Gasteiger partial charge in [-0.1, -0.05) is 6.42 Å². The Hall–Kier alpha value is -0.120. The second-order valence-electron chi connectivity index (χ2n) is 7.07. The molecule has 3 rings (SSSR count). The zero-order valence-corrected chi connectivity index (χ0v) is 12.7. The number of hydrogen-bond acceptors (Lipinski definition) is 3. The minimum absolute atomic E-state index is 0.873. The molecule has 0 amide bonds. The SMILES string of the molecule is CN1CCCC(CN2CCCN3CCCCC3C2)C1. The normalized spacial score (nSPS) is 35.8. The van der Waals surface area contributed by atoms with Crippen molar-refractivity contribution < 1.29 is 0 Å². The quantitative estimate of drug-likeness (QED) is 0.755. The van der Waals surface area contributed by atoms with Crippen LogP contribution in [-0.2, 0) is 0 Å². The summed E-state index contributed by atoms with van der Waals surface area (Å²) in [5.41, 5.74) is 0. The van der Waals surface area contributed by atoms with Gasteiger partial charge in [0.15, 0.2) is 0 Å². The van der Waals surface area contributed by atoms with E-state index in [1.165, 1.54) is 84.3 Å². The van der Waals surface area contributed by atoms with Gasteiger partial charge in [-0.2, -0.15) is 0 Å². The third kappa shape index (κ3) is 3.71. The lowest BCUT2D eigenvalue weighted by Gasteiger charge is -2.37. The van der Waals surface area contributed by atoms with Gasteiger partial charge in [0.1, 0.15) is 0 Å². The highest BCUT2D eigenvalue weighted by Gasteiger charge is 2.28. The van der Waals surface area contributed by atoms with Gasteiger partial charge in [-0.25, -0.2) is 0 Å². The van der Waals surface area contributed by atoms with E-state index in [1.807, 2.05) is 0 Å². The van der Waals surface area contributed by atoms with Crippen LogP contribution in [0.2, 0.25) is 0 Å². The Kier molecular flexibility index (Phi) is 4.78. The zero-order chi connectivity index (χ0) is 13.1. The summed E-state index contributed by atoms with van der Waals surface area (Å²) in [6, 6.07) is 0.873. The highest BCUT2D eigenvalue weighted by atomic mass is 15.2. The first-order valence-electron chi connectivity index (χ1n) is 8.46. The molecule has 0 aromatic heterocycles. The molecule has 3 fully saturated rings. The fourth-order valence-corrected chi connectivity index (χ4v) is 4.40. The van der Waals surface area contributed by atoms with E-state index in [0.717, 1.165) is 12.0 Å². The molecule has 3 saturated heterocycles. The van der Waals surface area contributed by atoms with Gasteiger partial charge in [0.25, 0.3) is 0 Å². The summed E-state index contributed by atoms with van der Waals surface area (Å²) in [5, 5.41) is 0. The van der Waals surface area contributed by atoms with Crippen LogP contribution in [0.3, 0.4) is 0 Å². The van der Waals surface area contributed by atoms with Crippen molar-refractivity contribution in [3.63, 3.8) is 0 Å². The number of piperidine rings is 2. The first-order chi connectivity index (χ1) is 9.31. The Bertz CT molecular complexity index is 281. The predicted octanol–water partition coefficient (Wildman–Crippen LogP) is 1.89. The van der Waals surface area contributed by atoms with Crippen LogP contribution in [0.5, 0.6) is 0 Å². The van der Waals surface area contributed by atoms with Gasteiger partial charge in [-0.05, 0) is 71.2 Å². The average molecular weight is 265 g/mol. The van der Waals surface area contributed by atoms with Crippen molar-refractivity contribution in [2.24, 2.45) is 5.92 Å². The van der Waals surface area contributed by atoms with Crippen molar-refractivity contribution in [1.82, 2.24) is 14.7 Å². The Balaban J connectivity index is 1.52. The number of likely N-dealkylation sites (tertiary alicyclic amines) is 1. The van der Waals surface area contributed by atoms with E-state index in [-0.39, 0.29) is 0 Å². The molecule has 0 N–H and O–H groups in total. The Labute approximate surface area is 118 Å². The predicted molar refractivity (Wildman–Crippen MR) is 80.5 cm³/mol. The highest BCUT2D eigenvalue weighted by Crippen LogP contribution is 2.23. The summed E-state index contributed by atoms with van der Waals surface area (Å²) >= 11 is 0. The smallest absolute Gasteiger partial charge is 0.0223 e. The van der Waals surface area contributed by atoms with Gasteiger partial charge in [0.2, 0.25) is 0 Å². The maximum Gasteiger partial charge on any atom is 0.0223 e. The van der Waals surface area contributed by atoms with Crippen molar-refractivity contribution in [3.05, 3.63) is 0 Å². The number of rotatable bonds is 2. The lowest BCUT2D eigenvalue weighted by Crippen LogP contribution is -2.46. The molecule has 0 aliphatic carbocycles. The van der Waals surface area contributed by atoms with Crippen LogP contribution in [0.1, 0.15) is 38.5 Å². The van der Waals surface area contributed by atoms with Gasteiger partial charge in [-0.15, -0.1) is 0 Å². The van der Waals surface area contributed by atoms with Gasteiger partial charge < -0.3 is 9.80 Å². The summed E-state index contributed by atoms with van der Waals surface area (Å²) in [5.74, 6) is 0.925. The maximum absolute atomic E-state index is 2.79. The van der Waals surface area contributed by atoms with E-state index in [2.05, 4.69) is 21.7 Å². The van der Waals surface area contributed by atoms with E-state index in [1.54, 1.807) is 0 Å². The molecule has 3 heteroatoms. The number of hydrogen-bond donors (Lipinski definition) is 0. The van der Waals surface area contributed by atoms with Crippen LogP contribution in [0.4, 0.5) is 0 Å². The second-order valence-corrected chi connectivity index (χ2v) is 7.07. The largest absolute Gasteiger partial charge is 0.306 e. The van der Waals surface area contributed by atoms with Crippen molar-refractivity contribution in [1.29, 1.82) is 0 Å². The first kappa shape index (κ1) is 13.8. The molecule has 2 unspecified atom stereocenters. The van der Waals surface area contributed by atoms with Crippen LogP contribution in [-0.4, -0.2) is 73.6 Å². The Morgan fingerprint density at radius 3 is 2.63 bits per heavy atom. The second kappa shape index (κ2) is 6.55. The molecule has 19 heavy (non-hydrogen) atoms. The number of nitrogens with zero attached hydrogens (tertiary/aromatic N) is 3. The highest BCUT2D eigenvalue weighted by molar-refractivity contribution is 4.84. The summed E-state index contributed by atoms with van der Waals surface area (Å²) in [6.45, 7) is 9.40. The van der Waals surface area contributed by atoms with Gasteiger partial charge in [0, 0.05) is 25.7 Å². The van der Waals surface area contributed by atoms with Crippen LogP contribution in [0.25, 0.3) is 0 Å². The van der Waals surface area contributed by atoms with Crippen molar-refractivity contribution >= 4 is 0 Å². The lowest BCUT2D eigenvalue weighted by molar-refractivity contribution is 0.115. The summed E-state index contributed by atoms with van der Waals surface area (Å²) in [7, 11) is 2.29. The Morgan fingerprint density at radius 2 is 1.74 bits per heavy atom. The van der Waals surface area contributed by atoms with Gasteiger partial charge in [-0.3, -0.25) is 4.90 Å². The fraction of sp³-hybridized carbons (Fsp3) is 1.00. The molecule has 0 saturated carbocycles. The molecule has 0 aromatic rings. The minimum Gasteiger partial charge on any atom is -0.306 e. The fourth-order valence-electron chi connectivity index (χ4n) is 4.40. The summed E-state index contributed by atoms with van der Waals surface area (Å²) in [4.78, 5) is 8.09. The van der Waals surface area contributed by atoms with E-state index in [9.17, 15) is 0 Å².